The van der Waals surface area contributed by atoms with Crippen LogP contribution in [0.25, 0.3) is 5.69 Å². The zero-order valence-electron chi connectivity index (χ0n) is 16.9. The van der Waals surface area contributed by atoms with Crippen LogP contribution < -0.4 is 0 Å². The van der Waals surface area contributed by atoms with Crippen molar-refractivity contribution < 1.29 is 4.79 Å². The number of carbonyl (C=O) groups excluding carboxylic acids is 1. The molecule has 4 aromatic rings. The SMILES string of the molecule is CN(Cc1cccs1)C(=O)CSc1nnc(Cc2ccccc2)n1-c1ccc(Cl)cc1. The number of benzene rings is 2. The zero-order chi connectivity index (χ0) is 21.6. The van der Waals surface area contributed by atoms with Gasteiger partial charge in [0.2, 0.25) is 5.91 Å². The van der Waals surface area contributed by atoms with Crippen molar-refractivity contribution in [3.8, 4) is 5.69 Å². The number of amides is 1. The first-order valence-electron chi connectivity index (χ1n) is 9.73. The third-order valence-electron chi connectivity index (χ3n) is 4.71. The predicted octanol–water partition coefficient (Wildman–Crippen LogP) is 5.32. The van der Waals surface area contributed by atoms with Gasteiger partial charge in [0.1, 0.15) is 5.82 Å². The fraction of sp³-hybridized carbons (Fsp3) is 0.174. The fourth-order valence-electron chi connectivity index (χ4n) is 3.10. The van der Waals surface area contributed by atoms with Gasteiger partial charge in [0, 0.05) is 29.1 Å². The Morgan fingerprint density at radius 2 is 1.84 bits per heavy atom. The van der Waals surface area contributed by atoms with Crippen LogP contribution in [-0.4, -0.2) is 38.4 Å². The summed E-state index contributed by atoms with van der Waals surface area (Å²) in [6, 6.07) is 21.7. The number of thiophene rings is 1. The standard InChI is InChI=1S/C23H21ClN4OS2/c1-27(15-20-8-5-13-30-20)22(29)16-31-23-26-25-21(14-17-6-3-2-4-7-17)28(23)19-11-9-18(24)10-12-19/h2-13H,14-16H2,1H3. The summed E-state index contributed by atoms with van der Waals surface area (Å²) in [6.07, 6.45) is 0.642. The Hall–Kier alpha value is -2.61. The third-order valence-corrected chi connectivity index (χ3v) is 6.74. The van der Waals surface area contributed by atoms with Crippen molar-refractivity contribution >= 4 is 40.6 Å². The summed E-state index contributed by atoms with van der Waals surface area (Å²) >= 11 is 9.13. The molecule has 0 atom stereocenters. The highest BCUT2D eigenvalue weighted by atomic mass is 35.5. The van der Waals surface area contributed by atoms with Crippen LogP contribution in [0.3, 0.4) is 0 Å². The molecular weight excluding hydrogens is 448 g/mol. The molecule has 8 heteroatoms. The second kappa shape index (κ2) is 10.1. The van der Waals surface area contributed by atoms with E-state index in [9.17, 15) is 4.79 Å². The van der Waals surface area contributed by atoms with Gasteiger partial charge in [-0.2, -0.15) is 0 Å². The Labute approximate surface area is 194 Å². The number of hydrogen-bond donors (Lipinski definition) is 0. The van der Waals surface area contributed by atoms with Crippen LogP contribution >= 0.6 is 34.7 Å². The van der Waals surface area contributed by atoms with Gasteiger partial charge in [-0.15, -0.1) is 21.5 Å². The highest BCUT2D eigenvalue weighted by Gasteiger charge is 2.18. The van der Waals surface area contributed by atoms with Crippen LogP contribution in [-0.2, 0) is 17.8 Å². The topological polar surface area (TPSA) is 51.0 Å². The molecule has 0 saturated heterocycles. The molecule has 0 unspecified atom stereocenters. The molecule has 1 amide bonds. The summed E-state index contributed by atoms with van der Waals surface area (Å²) in [4.78, 5) is 15.6. The molecule has 0 aliphatic rings. The number of carbonyl (C=O) groups is 1. The van der Waals surface area contributed by atoms with Gasteiger partial charge in [0.05, 0.1) is 12.3 Å². The average molecular weight is 469 g/mol. The van der Waals surface area contributed by atoms with E-state index in [1.165, 1.54) is 11.8 Å². The highest BCUT2D eigenvalue weighted by Crippen LogP contribution is 2.25. The molecule has 0 spiro atoms. The van der Waals surface area contributed by atoms with Crippen LogP contribution in [0.4, 0.5) is 0 Å². The molecule has 0 bridgehead atoms. The Kier molecular flexibility index (Phi) is 7.06. The zero-order valence-corrected chi connectivity index (χ0v) is 19.3. The summed E-state index contributed by atoms with van der Waals surface area (Å²) in [5.41, 5.74) is 2.07. The van der Waals surface area contributed by atoms with Crippen molar-refractivity contribution in [2.45, 2.75) is 18.1 Å². The number of thioether (sulfide) groups is 1. The normalized spacial score (nSPS) is 10.9. The molecule has 31 heavy (non-hydrogen) atoms. The van der Waals surface area contributed by atoms with Gasteiger partial charge in [-0.25, -0.2) is 0 Å². The molecular formula is C23H21ClN4OS2. The van der Waals surface area contributed by atoms with Gasteiger partial charge >= 0.3 is 0 Å². The van der Waals surface area contributed by atoms with Crippen molar-refractivity contribution in [3.63, 3.8) is 0 Å². The molecule has 0 aliphatic carbocycles. The maximum Gasteiger partial charge on any atom is 0.233 e. The highest BCUT2D eigenvalue weighted by molar-refractivity contribution is 7.99. The molecule has 4 rings (SSSR count). The second-order valence-corrected chi connectivity index (χ2v) is 9.40. The Balaban J connectivity index is 1.53. The number of halogens is 1. The van der Waals surface area contributed by atoms with E-state index in [1.54, 1.807) is 16.2 Å². The minimum absolute atomic E-state index is 0.0497. The minimum Gasteiger partial charge on any atom is -0.340 e. The van der Waals surface area contributed by atoms with Gasteiger partial charge in [-0.3, -0.25) is 9.36 Å². The predicted molar refractivity (Wildman–Crippen MR) is 127 cm³/mol. The van der Waals surface area contributed by atoms with Gasteiger partial charge in [0.25, 0.3) is 0 Å². The minimum atomic E-state index is 0.0497. The van der Waals surface area contributed by atoms with E-state index < -0.39 is 0 Å². The largest absolute Gasteiger partial charge is 0.340 e. The fourth-order valence-corrected chi connectivity index (χ4v) is 4.89. The van der Waals surface area contributed by atoms with Crippen LogP contribution in [0.1, 0.15) is 16.3 Å². The summed E-state index contributed by atoms with van der Waals surface area (Å²) in [6.45, 7) is 0.611. The van der Waals surface area contributed by atoms with Gasteiger partial charge in [-0.05, 0) is 41.3 Å². The Morgan fingerprint density at radius 3 is 2.55 bits per heavy atom. The van der Waals surface area contributed by atoms with Gasteiger partial charge in [0.15, 0.2) is 5.16 Å². The molecule has 5 nitrogen and oxygen atoms in total. The van der Waals surface area contributed by atoms with E-state index in [2.05, 4.69) is 22.3 Å². The summed E-state index contributed by atoms with van der Waals surface area (Å²) < 4.78 is 2.00. The number of nitrogens with zero attached hydrogens (tertiary/aromatic N) is 4. The molecule has 2 aromatic carbocycles. The molecule has 2 aromatic heterocycles. The molecule has 2 heterocycles. The number of hydrogen-bond acceptors (Lipinski definition) is 5. The third kappa shape index (κ3) is 5.55. The molecule has 0 N–H and O–H groups in total. The first-order valence-corrected chi connectivity index (χ1v) is 12.0. The maximum atomic E-state index is 12.7. The van der Waals surface area contributed by atoms with E-state index >= 15 is 0 Å². The molecule has 0 radical (unpaired) electrons. The summed E-state index contributed by atoms with van der Waals surface area (Å²) in [7, 11) is 1.83. The van der Waals surface area contributed by atoms with Crippen LogP contribution in [0.2, 0.25) is 5.02 Å². The number of rotatable bonds is 8. The smallest absolute Gasteiger partial charge is 0.233 e. The monoisotopic (exact) mass is 468 g/mol. The van der Waals surface area contributed by atoms with Crippen LogP contribution in [0.5, 0.6) is 0 Å². The van der Waals surface area contributed by atoms with E-state index in [1.807, 2.05) is 71.6 Å². The quantitative estimate of drug-likeness (QED) is 0.328. The number of aromatic nitrogens is 3. The first kappa shape index (κ1) is 21.6. The summed E-state index contributed by atoms with van der Waals surface area (Å²) in [5.74, 6) is 1.16. The average Bonchev–Trinajstić information content (AvgIpc) is 3.43. The van der Waals surface area contributed by atoms with Gasteiger partial charge < -0.3 is 4.90 Å². The van der Waals surface area contributed by atoms with Crippen molar-refractivity contribution in [1.29, 1.82) is 0 Å². The van der Waals surface area contributed by atoms with E-state index in [4.69, 9.17) is 11.6 Å². The van der Waals surface area contributed by atoms with Crippen molar-refractivity contribution in [2.24, 2.45) is 0 Å². The maximum absolute atomic E-state index is 12.7. The Morgan fingerprint density at radius 1 is 1.06 bits per heavy atom. The summed E-state index contributed by atoms with van der Waals surface area (Å²) in [5, 5.41) is 12.2. The van der Waals surface area contributed by atoms with Crippen molar-refractivity contribution in [2.75, 3.05) is 12.8 Å². The lowest BCUT2D eigenvalue weighted by atomic mass is 10.1. The molecule has 0 aliphatic heterocycles. The second-order valence-electron chi connectivity index (χ2n) is 6.99. The molecule has 0 saturated carbocycles. The molecule has 0 fully saturated rings. The lowest BCUT2D eigenvalue weighted by Gasteiger charge is -2.16. The first-order chi connectivity index (χ1) is 15.1. The van der Waals surface area contributed by atoms with E-state index in [0.717, 1.165) is 22.0 Å². The lowest BCUT2D eigenvalue weighted by molar-refractivity contribution is -0.127. The van der Waals surface area contributed by atoms with Crippen molar-refractivity contribution in [1.82, 2.24) is 19.7 Å². The van der Waals surface area contributed by atoms with Crippen molar-refractivity contribution in [3.05, 3.63) is 93.4 Å². The van der Waals surface area contributed by atoms with Gasteiger partial charge in [-0.1, -0.05) is 59.8 Å². The Bertz CT molecular complexity index is 1130. The van der Waals surface area contributed by atoms with E-state index in [-0.39, 0.29) is 5.91 Å². The lowest BCUT2D eigenvalue weighted by Crippen LogP contribution is -2.27. The van der Waals surface area contributed by atoms with Crippen LogP contribution in [0.15, 0.2) is 77.3 Å². The van der Waals surface area contributed by atoms with Crippen LogP contribution in [0, 0.1) is 0 Å². The van der Waals surface area contributed by atoms with E-state index in [0.29, 0.717) is 28.9 Å². The molecule has 158 valence electrons.